The first-order valence-electron chi connectivity index (χ1n) is 6.12. The zero-order chi connectivity index (χ0) is 13.3. The summed E-state index contributed by atoms with van der Waals surface area (Å²) in [7, 11) is 1.87. The Morgan fingerprint density at radius 3 is 2.78 bits per heavy atom. The second kappa shape index (κ2) is 4.80. The van der Waals surface area contributed by atoms with E-state index >= 15 is 0 Å². The second-order valence-electron chi connectivity index (χ2n) is 4.55. The van der Waals surface area contributed by atoms with Crippen molar-refractivity contribution in [1.29, 1.82) is 0 Å². The van der Waals surface area contributed by atoms with Crippen molar-refractivity contribution in [2.24, 2.45) is 7.05 Å². The number of nitrogens with zero attached hydrogens (tertiary/aromatic N) is 2. The average Bonchev–Trinajstić information content (AvgIpc) is 2.61. The topological polar surface area (TPSA) is 43.8 Å². The van der Waals surface area contributed by atoms with Crippen LogP contribution in [0.25, 0.3) is 11.3 Å². The summed E-state index contributed by atoms with van der Waals surface area (Å²) in [5.74, 6) is 1.13. The van der Waals surface area contributed by atoms with Crippen LogP contribution in [-0.4, -0.2) is 9.55 Å². The zero-order valence-electron chi connectivity index (χ0n) is 11.0. The number of anilines is 1. The van der Waals surface area contributed by atoms with E-state index in [2.05, 4.69) is 11.9 Å². The highest BCUT2D eigenvalue weighted by Gasteiger charge is 2.16. The molecule has 2 aromatic rings. The Labute approximate surface area is 106 Å². The van der Waals surface area contributed by atoms with Gasteiger partial charge in [-0.1, -0.05) is 18.6 Å². The van der Waals surface area contributed by atoms with Gasteiger partial charge in [0, 0.05) is 19.0 Å². The maximum absolute atomic E-state index is 13.9. The fraction of sp³-hybridized carbons (Fsp3) is 0.357. The third-order valence-electron chi connectivity index (χ3n) is 3.08. The minimum Gasteiger partial charge on any atom is -0.383 e. The molecule has 0 unspecified atom stereocenters. The molecule has 0 bridgehead atoms. The Morgan fingerprint density at radius 1 is 1.39 bits per heavy atom. The molecule has 4 heteroatoms. The van der Waals surface area contributed by atoms with E-state index in [0.29, 0.717) is 17.1 Å². The lowest BCUT2D eigenvalue weighted by atomic mass is 10.1. The summed E-state index contributed by atoms with van der Waals surface area (Å²) >= 11 is 0. The Bertz CT molecular complexity index is 573. The summed E-state index contributed by atoms with van der Waals surface area (Å²) in [6, 6.07) is 4.98. The highest BCUT2D eigenvalue weighted by molar-refractivity contribution is 5.72. The SMILES string of the molecule is CCCc1nc(-c2cc(C)ccc2F)c(N)n1C. The summed E-state index contributed by atoms with van der Waals surface area (Å²) < 4.78 is 15.7. The van der Waals surface area contributed by atoms with Crippen LogP contribution in [0.15, 0.2) is 18.2 Å². The highest BCUT2D eigenvalue weighted by atomic mass is 19.1. The maximum atomic E-state index is 13.9. The minimum atomic E-state index is -0.284. The van der Waals surface area contributed by atoms with Crippen LogP contribution >= 0.6 is 0 Å². The number of nitrogens with two attached hydrogens (primary N) is 1. The van der Waals surface area contributed by atoms with E-state index in [1.807, 2.05) is 18.5 Å². The molecule has 2 rings (SSSR count). The van der Waals surface area contributed by atoms with Crippen LogP contribution in [-0.2, 0) is 13.5 Å². The van der Waals surface area contributed by atoms with E-state index in [-0.39, 0.29) is 5.82 Å². The standard InChI is InChI=1S/C14H18FN3/c1-4-5-12-17-13(14(16)18(12)3)10-8-9(2)6-7-11(10)15/h6-8H,4-5,16H2,1-3H3. The van der Waals surface area contributed by atoms with Gasteiger partial charge in [-0.15, -0.1) is 0 Å². The van der Waals surface area contributed by atoms with Crippen molar-refractivity contribution < 1.29 is 4.39 Å². The highest BCUT2D eigenvalue weighted by Crippen LogP contribution is 2.29. The van der Waals surface area contributed by atoms with Gasteiger partial charge >= 0.3 is 0 Å². The monoisotopic (exact) mass is 247 g/mol. The van der Waals surface area contributed by atoms with Crippen LogP contribution in [0.2, 0.25) is 0 Å². The molecule has 0 atom stereocenters. The first-order chi connectivity index (χ1) is 8.54. The molecule has 96 valence electrons. The number of benzene rings is 1. The van der Waals surface area contributed by atoms with E-state index in [1.54, 1.807) is 12.1 Å². The van der Waals surface area contributed by atoms with Gasteiger partial charge in [-0.25, -0.2) is 9.37 Å². The number of imidazole rings is 1. The van der Waals surface area contributed by atoms with Crippen LogP contribution < -0.4 is 5.73 Å². The van der Waals surface area contributed by atoms with Crippen molar-refractivity contribution in [1.82, 2.24) is 9.55 Å². The molecule has 3 nitrogen and oxygen atoms in total. The summed E-state index contributed by atoms with van der Waals surface area (Å²) in [6.07, 6.45) is 1.83. The Hall–Kier alpha value is -1.84. The molecular formula is C14H18FN3. The van der Waals surface area contributed by atoms with Gasteiger partial charge in [-0.2, -0.15) is 0 Å². The Balaban J connectivity index is 2.57. The number of rotatable bonds is 3. The fourth-order valence-electron chi connectivity index (χ4n) is 2.03. The lowest BCUT2D eigenvalue weighted by Gasteiger charge is -2.03. The first-order valence-corrected chi connectivity index (χ1v) is 6.12. The van der Waals surface area contributed by atoms with E-state index < -0.39 is 0 Å². The lowest BCUT2D eigenvalue weighted by Crippen LogP contribution is -2.01. The largest absolute Gasteiger partial charge is 0.383 e. The van der Waals surface area contributed by atoms with Gasteiger partial charge in [-0.05, 0) is 25.5 Å². The van der Waals surface area contributed by atoms with Gasteiger partial charge in [0.05, 0.1) is 0 Å². The molecule has 2 N–H and O–H groups in total. The van der Waals surface area contributed by atoms with Gasteiger partial charge in [0.2, 0.25) is 0 Å². The van der Waals surface area contributed by atoms with E-state index in [1.165, 1.54) is 6.07 Å². The predicted molar refractivity (Wildman–Crippen MR) is 71.7 cm³/mol. The Morgan fingerprint density at radius 2 is 2.11 bits per heavy atom. The molecular weight excluding hydrogens is 229 g/mol. The number of aromatic nitrogens is 2. The maximum Gasteiger partial charge on any atom is 0.132 e. The molecule has 1 aromatic heterocycles. The predicted octanol–water partition coefficient (Wildman–Crippen LogP) is 3.07. The number of nitrogen functional groups attached to an aromatic ring is 1. The molecule has 0 radical (unpaired) electrons. The molecule has 0 fully saturated rings. The molecule has 0 saturated heterocycles. The van der Waals surface area contributed by atoms with Crippen molar-refractivity contribution >= 4 is 5.82 Å². The number of halogens is 1. The molecule has 0 aliphatic rings. The second-order valence-corrected chi connectivity index (χ2v) is 4.55. The quantitative estimate of drug-likeness (QED) is 0.905. The molecule has 0 saturated carbocycles. The van der Waals surface area contributed by atoms with Gasteiger partial charge in [0.15, 0.2) is 0 Å². The molecule has 0 aliphatic heterocycles. The van der Waals surface area contributed by atoms with E-state index in [4.69, 9.17) is 5.73 Å². The molecule has 0 spiro atoms. The number of aryl methyl sites for hydroxylation is 2. The van der Waals surface area contributed by atoms with Gasteiger partial charge in [0.1, 0.15) is 23.2 Å². The van der Waals surface area contributed by atoms with E-state index in [0.717, 1.165) is 24.2 Å². The number of hydrogen-bond acceptors (Lipinski definition) is 2. The summed E-state index contributed by atoms with van der Waals surface area (Å²) in [4.78, 5) is 4.47. The Kier molecular flexibility index (Phi) is 3.36. The van der Waals surface area contributed by atoms with Crippen LogP contribution in [0, 0.1) is 12.7 Å². The lowest BCUT2D eigenvalue weighted by molar-refractivity contribution is 0.630. The fourth-order valence-corrected chi connectivity index (χ4v) is 2.03. The normalized spacial score (nSPS) is 10.9. The van der Waals surface area contributed by atoms with Gasteiger partial charge < -0.3 is 10.3 Å². The van der Waals surface area contributed by atoms with Crippen LogP contribution in [0.3, 0.4) is 0 Å². The molecule has 0 aliphatic carbocycles. The third-order valence-corrected chi connectivity index (χ3v) is 3.08. The van der Waals surface area contributed by atoms with Crippen LogP contribution in [0.4, 0.5) is 10.2 Å². The average molecular weight is 247 g/mol. The van der Waals surface area contributed by atoms with Crippen LogP contribution in [0.5, 0.6) is 0 Å². The van der Waals surface area contributed by atoms with Crippen molar-refractivity contribution in [3.63, 3.8) is 0 Å². The molecule has 1 heterocycles. The smallest absolute Gasteiger partial charge is 0.132 e. The molecule has 0 amide bonds. The van der Waals surface area contributed by atoms with E-state index in [9.17, 15) is 4.39 Å². The minimum absolute atomic E-state index is 0.284. The van der Waals surface area contributed by atoms with Gasteiger partial charge in [-0.3, -0.25) is 0 Å². The zero-order valence-corrected chi connectivity index (χ0v) is 11.0. The van der Waals surface area contributed by atoms with Crippen molar-refractivity contribution in [3.8, 4) is 11.3 Å². The summed E-state index contributed by atoms with van der Waals surface area (Å²) in [6.45, 7) is 4.01. The van der Waals surface area contributed by atoms with Crippen molar-refractivity contribution in [2.45, 2.75) is 26.7 Å². The van der Waals surface area contributed by atoms with Crippen LogP contribution in [0.1, 0.15) is 24.7 Å². The summed E-state index contributed by atoms with van der Waals surface area (Å²) in [5.41, 5.74) is 8.03. The van der Waals surface area contributed by atoms with Crippen molar-refractivity contribution in [3.05, 3.63) is 35.4 Å². The van der Waals surface area contributed by atoms with Crippen molar-refractivity contribution in [2.75, 3.05) is 5.73 Å². The van der Waals surface area contributed by atoms with Gasteiger partial charge in [0.25, 0.3) is 0 Å². The molecule has 1 aromatic carbocycles. The number of hydrogen-bond donors (Lipinski definition) is 1. The first kappa shape index (κ1) is 12.6. The summed E-state index contributed by atoms with van der Waals surface area (Å²) in [5, 5.41) is 0. The third kappa shape index (κ3) is 2.10. The molecule has 18 heavy (non-hydrogen) atoms.